The molecule has 8 aromatic heterocycles. The molecule has 0 aliphatic carbocycles. The molecule has 727 valence electrons. The normalized spacial score (nSPS) is 10.0. The number of nitrogens with zero attached hydrogens (tertiary/aromatic N) is 8. The van der Waals surface area contributed by atoms with Crippen LogP contribution in [-0.4, -0.2) is 39.9 Å². The molecule has 13 heteroatoms. The summed E-state index contributed by atoms with van der Waals surface area (Å²) in [5.41, 5.74) is 34.6. The minimum Gasteiger partial charge on any atom is -0.305 e. The van der Waals surface area contributed by atoms with Crippen molar-refractivity contribution < 1.29 is 101 Å². The second-order valence-corrected chi connectivity index (χ2v) is 34.1. The summed E-state index contributed by atoms with van der Waals surface area (Å²) in [6.07, 6.45) is 16.9. The fourth-order valence-electron chi connectivity index (χ4n) is 15.0. The fraction of sp³-hybridized carbons (Fsp3) is 0.0992. The van der Waals surface area contributed by atoms with Gasteiger partial charge in [0, 0.05) is 150 Å². The monoisotopic (exact) mass is 2760 g/mol. The summed E-state index contributed by atoms with van der Waals surface area (Å²) in [7, 11) is 0. The third kappa shape index (κ3) is 36.6. The van der Waals surface area contributed by atoms with Gasteiger partial charge in [-0.3, -0.25) is 0 Å². The van der Waals surface area contributed by atoms with Crippen molar-refractivity contribution in [1.82, 2.24) is 39.9 Å². The Morgan fingerprint density at radius 3 is 0.722 bits per heavy atom. The minimum absolute atomic E-state index is 0. The van der Waals surface area contributed by atoms with E-state index in [9.17, 15) is 0 Å². The molecule has 8 heterocycles. The molecule has 144 heavy (non-hydrogen) atoms. The fourth-order valence-corrected chi connectivity index (χ4v) is 15.0. The van der Waals surface area contributed by atoms with Crippen LogP contribution in [0.3, 0.4) is 0 Å². The molecule has 0 saturated heterocycles. The molecule has 0 fully saturated rings. The first-order valence-corrected chi connectivity index (χ1v) is 47.0. The Balaban J connectivity index is 0.000000184. The third-order valence-electron chi connectivity index (χ3n) is 22.1. The first-order valence-electron chi connectivity index (χ1n) is 47.0. The first kappa shape index (κ1) is 114. The van der Waals surface area contributed by atoms with Crippen LogP contribution < -0.4 is 0 Å². The van der Waals surface area contributed by atoms with E-state index in [1.165, 1.54) is 83.5 Å². The van der Waals surface area contributed by atoms with Gasteiger partial charge in [-0.05, 0) is 171 Å². The topological polar surface area (TPSA) is 103 Å². The van der Waals surface area contributed by atoms with Crippen LogP contribution in [0.5, 0.6) is 0 Å². The minimum atomic E-state index is 0. The standard InChI is InChI=1S/2C21H20N.C20H18N.2C18H14N.3C11H8N.5Ir/c2*1-16(2)13-17-11-12-22-21(14-17)20-10-6-9-19(15-20)18-7-4-3-5-8-18;1-15(2)16-9-11-17(12-10-16)18-6-5-7-19(14-18)20-8-3-4-13-21-20;1-14-10-11-18(19-13-14)17-9-5-8-16(12-17)15-6-3-2-4-7-15;1-14-10-11-19-18(12-14)17-9-5-8-16(13-17)15-6-3-2-4-7-15;3*1-2-6-10(7-3-1)11-8-4-5-9-12-11;;;;;/h2*3-9,11-12,14-16H,13H2,1-2H3;3-6,8-15H,1-2H3;2*2-8,10-13H,1H3;3*1-6,8-9H;;;;;/q8*-1;;;;;. The Kier molecular flexibility index (Phi) is 49.0. The molecule has 0 atom stereocenters. The van der Waals surface area contributed by atoms with Crippen LogP contribution in [0, 0.1) is 74.2 Å². The molecule has 21 aromatic rings. The summed E-state index contributed by atoms with van der Waals surface area (Å²) in [6, 6.07) is 171. The Labute approximate surface area is 920 Å². The molecule has 5 radical (unpaired) electrons. The molecule has 0 spiro atoms. The molecule has 21 rings (SSSR count). The van der Waals surface area contributed by atoms with E-state index in [-0.39, 0.29) is 101 Å². The maximum atomic E-state index is 4.52. The van der Waals surface area contributed by atoms with Crippen LogP contribution in [-0.2, 0) is 113 Å². The molecule has 0 saturated carbocycles. The van der Waals surface area contributed by atoms with Crippen molar-refractivity contribution in [3.8, 4) is 146 Å². The van der Waals surface area contributed by atoms with Gasteiger partial charge in [0.2, 0.25) is 0 Å². The van der Waals surface area contributed by atoms with Crippen molar-refractivity contribution >= 4 is 0 Å². The zero-order valence-electron chi connectivity index (χ0n) is 81.5. The molecular weight excluding hydrogens is 2650 g/mol. The molecule has 0 aliphatic rings. The first-order chi connectivity index (χ1) is 68.2. The average Bonchev–Trinajstić information content (AvgIpc) is 0.797. The number of aromatic nitrogens is 8. The van der Waals surface area contributed by atoms with Crippen LogP contribution in [0.4, 0.5) is 0 Å². The van der Waals surface area contributed by atoms with Gasteiger partial charge in [0.1, 0.15) is 0 Å². The van der Waals surface area contributed by atoms with Crippen LogP contribution in [0.1, 0.15) is 75.3 Å². The zero-order chi connectivity index (χ0) is 96.2. The van der Waals surface area contributed by atoms with Gasteiger partial charge in [0.25, 0.3) is 0 Å². The molecule has 0 N–H and O–H groups in total. The third-order valence-corrected chi connectivity index (χ3v) is 22.1. The van der Waals surface area contributed by atoms with E-state index < -0.39 is 0 Å². The molecule has 0 bridgehead atoms. The van der Waals surface area contributed by atoms with E-state index in [1.807, 2.05) is 250 Å². The summed E-state index contributed by atoms with van der Waals surface area (Å²) < 4.78 is 0. The summed E-state index contributed by atoms with van der Waals surface area (Å²) in [4.78, 5) is 34.9. The van der Waals surface area contributed by atoms with E-state index in [0.29, 0.717) is 17.8 Å². The number of benzene rings is 13. The second kappa shape index (κ2) is 62.0. The Morgan fingerprint density at radius 2 is 0.451 bits per heavy atom. The van der Waals surface area contributed by atoms with E-state index in [1.54, 1.807) is 18.6 Å². The average molecular weight is 2760 g/mol. The molecule has 0 aliphatic heterocycles. The quantitative estimate of drug-likeness (QED) is 0.0783. The van der Waals surface area contributed by atoms with Gasteiger partial charge >= 0.3 is 0 Å². The zero-order valence-corrected chi connectivity index (χ0v) is 93.5. The van der Waals surface area contributed by atoms with Crippen molar-refractivity contribution in [3.05, 3.63) is 557 Å². The summed E-state index contributed by atoms with van der Waals surface area (Å²) in [6.45, 7) is 17.5. The second-order valence-electron chi connectivity index (χ2n) is 34.1. The maximum Gasteiger partial charge on any atom is 0.0190 e. The Morgan fingerprint density at radius 1 is 0.188 bits per heavy atom. The Hall–Kier alpha value is -13.7. The molecule has 13 aromatic carbocycles. The molecule has 8 nitrogen and oxygen atoms in total. The van der Waals surface area contributed by atoms with Crippen molar-refractivity contribution in [1.29, 1.82) is 0 Å². The van der Waals surface area contributed by atoms with Gasteiger partial charge in [-0.15, -0.1) is 285 Å². The van der Waals surface area contributed by atoms with E-state index >= 15 is 0 Å². The summed E-state index contributed by atoms with van der Waals surface area (Å²) >= 11 is 0. The largest absolute Gasteiger partial charge is 0.305 e. The van der Waals surface area contributed by atoms with Gasteiger partial charge in [-0.25, -0.2) is 0 Å². The number of pyridine rings is 8. The van der Waals surface area contributed by atoms with Crippen molar-refractivity contribution in [3.63, 3.8) is 0 Å². The van der Waals surface area contributed by atoms with E-state index in [0.717, 1.165) is 103 Å². The van der Waals surface area contributed by atoms with Crippen molar-refractivity contribution in [2.24, 2.45) is 11.8 Å². The predicted molar refractivity (Wildman–Crippen MR) is 576 cm³/mol. The number of hydrogen-bond donors (Lipinski definition) is 0. The number of aryl methyl sites for hydroxylation is 2. The number of rotatable bonds is 18. The molecule has 0 unspecified atom stereocenters. The molecular formula is C131H110Ir5N8-8. The van der Waals surface area contributed by atoms with Gasteiger partial charge in [0.15, 0.2) is 0 Å². The van der Waals surface area contributed by atoms with Gasteiger partial charge in [-0.1, -0.05) is 283 Å². The SMILES string of the molecule is CC(C)Cc1ccnc(-c2[c-]ccc(-c3ccccc3)c2)c1.CC(C)Cc1ccnc(-c2[c-]ccc(-c3ccccc3)c2)c1.CC(C)c1ccc(-c2cc[c-]c(-c3ccccn3)c2)cc1.Cc1ccc(-c2[c-]ccc(-c3ccccc3)c2)nc1.Cc1ccnc(-c2[c-]ccc(-c3ccccc3)c2)c1.[Ir].[Ir].[Ir].[Ir].[Ir].[c-]1ccccc1-c1ccccn1.[c-]1ccccc1-c1ccccn1.[c-]1ccccc1-c1ccccn1. The maximum absolute atomic E-state index is 4.52. The van der Waals surface area contributed by atoms with Gasteiger partial charge < -0.3 is 39.9 Å². The predicted octanol–water partition coefficient (Wildman–Crippen LogP) is 32.9. The van der Waals surface area contributed by atoms with Gasteiger partial charge in [-0.2, -0.15) is 0 Å². The van der Waals surface area contributed by atoms with Crippen LogP contribution in [0.2, 0.25) is 0 Å². The van der Waals surface area contributed by atoms with Crippen LogP contribution in [0.15, 0.2) is 480 Å². The molecule has 0 amide bonds. The Bertz CT molecular complexity index is 6760. The van der Waals surface area contributed by atoms with Gasteiger partial charge in [0.05, 0.1) is 0 Å². The van der Waals surface area contributed by atoms with Crippen molar-refractivity contribution in [2.45, 2.75) is 74.1 Å². The van der Waals surface area contributed by atoms with Crippen molar-refractivity contribution in [2.75, 3.05) is 0 Å². The van der Waals surface area contributed by atoms with E-state index in [4.69, 9.17) is 0 Å². The van der Waals surface area contributed by atoms with Crippen LogP contribution >= 0.6 is 0 Å². The smallest absolute Gasteiger partial charge is 0.0190 e. The van der Waals surface area contributed by atoms with E-state index in [2.05, 4.69) is 355 Å². The summed E-state index contributed by atoms with van der Waals surface area (Å²) in [5, 5.41) is 0. The summed E-state index contributed by atoms with van der Waals surface area (Å²) in [5.74, 6) is 1.86. The number of hydrogen-bond acceptors (Lipinski definition) is 8. The van der Waals surface area contributed by atoms with Crippen LogP contribution in [0.25, 0.3) is 146 Å².